The summed E-state index contributed by atoms with van der Waals surface area (Å²) in [5, 5.41) is 12.3. The van der Waals surface area contributed by atoms with E-state index in [4.69, 9.17) is 5.11 Å². The van der Waals surface area contributed by atoms with E-state index in [2.05, 4.69) is 5.10 Å². The molecule has 0 radical (unpaired) electrons. The molecule has 0 aliphatic heterocycles. The highest BCUT2D eigenvalue weighted by Gasteiger charge is 2.09. The quantitative estimate of drug-likeness (QED) is 0.618. The molecule has 0 atom stereocenters. The molecule has 56 valence electrons. The van der Waals surface area contributed by atoms with E-state index in [-0.39, 0.29) is 12.3 Å². The van der Waals surface area contributed by atoms with Crippen LogP contribution in [0, 0.1) is 12.7 Å². The summed E-state index contributed by atoms with van der Waals surface area (Å²) >= 11 is 0. The Morgan fingerprint density at radius 3 is 2.50 bits per heavy atom. The van der Waals surface area contributed by atoms with Crippen LogP contribution in [0.5, 0.6) is 0 Å². The molecule has 0 amide bonds. The van der Waals surface area contributed by atoms with E-state index in [1.807, 2.05) is 0 Å². The summed E-state index contributed by atoms with van der Waals surface area (Å²) < 4.78 is 14.2. The number of rotatable bonds is 1. The van der Waals surface area contributed by atoms with Crippen molar-refractivity contribution in [1.29, 1.82) is 0 Å². The van der Waals surface area contributed by atoms with Gasteiger partial charge in [-0.25, -0.2) is 4.39 Å². The third-order valence-electron chi connectivity index (χ3n) is 1.48. The monoisotopic (exact) mass is 144 g/mol. The zero-order valence-electron chi connectivity index (χ0n) is 5.93. The van der Waals surface area contributed by atoms with Crippen LogP contribution in [0.2, 0.25) is 0 Å². The zero-order valence-corrected chi connectivity index (χ0v) is 5.93. The SMILES string of the molecule is Cc1c(F)c(CO)nn1C. The van der Waals surface area contributed by atoms with Crippen LogP contribution >= 0.6 is 0 Å². The number of aliphatic hydroxyl groups excluding tert-OH is 1. The number of hydrogen-bond donors (Lipinski definition) is 1. The Kier molecular flexibility index (Phi) is 1.72. The third kappa shape index (κ3) is 0.903. The Labute approximate surface area is 58.1 Å². The number of hydrogen-bond acceptors (Lipinski definition) is 2. The number of halogens is 1. The first-order valence-corrected chi connectivity index (χ1v) is 2.95. The highest BCUT2D eigenvalue weighted by molar-refractivity contribution is 5.10. The highest BCUT2D eigenvalue weighted by Crippen LogP contribution is 2.08. The van der Waals surface area contributed by atoms with Crippen molar-refractivity contribution in [1.82, 2.24) is 9.78 Å². The molecule has 0 saturated carbocycles. The summed E-state index contributed by atoms with van der Waals surface area (Å²) in [4.78, 5) is 0. The van der Waals surface area contributed by atoms with E-state index in [1.54, 1.807) is 14.0 Å². The number of aryl methyl sites for hydroxylation is 1. The van der Waals surface area contributed by atoms with E-state index < -0.39 is 5.82 Å². The summed E-state index contributed by atoms with van der Waals surface area (Å²) in [5.74, 6) is -0.412. The van der Waals surface area contributed by atoms with E-state index in [1.165, 1.54) is 4.68 Å². The molecule has 0 aliphatic carbocycles. The van der Waals surface area contributed by atoms with Crippen LogP contribution in [-0.2, 0) is 13.7 Å². The van der Waals surface area contributed by atoms with Gasteiger partial charge in [-0.05, 0) is 6.92 Å². The predicted octanol–water partition coefficient (Wildman–Crippen LogP) is 0.360. The van der Waals surface area contributed by atoms with Gasteiger partial charge >= 0.3 is 0 Å². The smallest absolute Gasteiger partial charge is 0.169 e. The van der Waals surface area contributed by atoms with E-state index in [0.29, 0.717) is 5.69 Å². The summed E-state index contributed by atoms with van der Waals surface area (Å²) in [6.07, 6.45) is 0. The summed E-state index contributed by atoms with van der Waals surface area (Å²) in [5.41, 5.74) is 0.559. The summed E-state index contributed by atoms with van der Waals surface area (Å²) in [6.45, 7) is 1.27. The fraction of sp³-hybridized carbons (Fsp3) is 0.500. The third-order valence-corrected chi connectivity index (χ3v) is 1.48. The van der Waals surface area contributed by atoms with E-state index in [9.17, 15) is 4.39 Å². The second kappa shape index (κ2) is 2.38. The predicted molar refractivity (Wildman–Crippen MR) is 33.8 cm³/mol. The molecule has 1 aromatic heterocycles. The minimum absolute atomic E-state index is 0.111. The number of aromatic nitrogens is 2. The normalized spacial score (nSPS) is 10.4. The molecule has 4 heteroatoms. The van der Waals surface area contributed by atoms with Crippen molar-refractivity contribution in [3.05, 3.63) is 17.2 Å². The summed E-state index contributed by atoms with van der Waals surface area (Å²) in [6, 6.07) is 0. The van der Waals surface area contributed by atoms with Gasteiger partial charge < -0.3 is 5.11 Å². The standard InChI is InChI=1S/C6H9FN2O/c1-4-6(7)5(3-10)8-9(4)2/h10H,3H2,1-2H3. The fourth-order valence-corrected chi connectivity index (χ4v) is 0.752. The molecular formula is C6H9FN2O. The van der Waals surface area contributed by atoms with Gasteiger partial charge in [-0.1, -0.05) is 0 Å². The van der Waals surface area contributed by atoms with Crippen LogP contribution in [0.4, 0.5) is 4.39 Å². The maximum Gasteiger partial charge on any atom is 0.169 e. The van der Waals surface area contributed by atoms with Gasteiger partial charge in [0.2, 0.25) is 0 Å². The highest BCUT2D eigenvalue weighted by atomic mass is 19.1. The number of aliphatic hydroxyl groups is 1. The molecule has 1 heterocycles. The average molecular weight is 144 g/mol. The maximum atomic E-state index is 12.8. The maximum absolute atomic E-state index is 12.8. The molecular weight excluding hydrogens is 135 g/mol. The van der Waals surface area contributed by atoms with E-state index in [0.717, 1.165) is 0 Å². The second-order valence-corrected chi connectivity index (χ2v) is 2.13. The van der Waals surface area contributed by atoms with Crippen LogP contribution in [0.3, 0.4) is 0 Å². The lowest BCUT2D eigenvalue weighted by molar-refractivity contribution is 0.270. The van der Waals surface area contributed by atoms with Crippen LogP contribution in [0.15, 0.2) is 0 Å². The molecule has 3 nitrogen and oxygen atoms in total. The molecule has 0 bridgehead atoms. The van der Waals surface area contributed by atoms with Gasteiger partial charge in [-0.15, -0.1) is 0 Å². The average Bonchev–Trinajstić information content (AvgIpc) is 2.17. The lowest BCUT2D eigenvalue weighted by Crippen LogP contribution is -1.93. The van der Waals surface area contributed by atoms with Crippen molar-refractivity contribution in [2.45, 2.75) is 13.5 Å². The lowest BCUT2D eigenvalue weighted by Gasteiger charge is -1.88. The molecule has 1 rings (SSSR count). The van der Waals surface area contributed by atoms with Gasteiger partial charge in [0, 0.05) is 7.05 Å². The second-order valence-electron chi connectivity index (χ2n) is 2.13. The van der Waals surface area contributed by atoms with Gasteiger partial charge in [0.15, 0.2) is 5.82 Å². The zero-order chi connectivity index (χ0) is 7.72. The Balaban J connectivity index is 3.17. The van der Waals surface area contributed by atoms with Gasteiger partial charge in [0.25, 0.3) is 0 Å². The Hall–Kier alpha value is -0.900. The van der Waals surface area contributed by atoms with Crippen molar-refractivity contribution in [2.24, 2.45) is 7.05 Å². The van der Waals surface area contributed by atoms with Crippen molar-refractivity contribution in [2.75, 3.05) is 0 Å². The molecule has 0 aliphatic rings. The number of nitrogens with zero attached hydrogens (tertiary/aromatic N) is 2. The van der Waals surface area contributed by atoms with Crippen molar-refractivity contribution in [3.8, 4) is 0 Å². The molecule has 10 heavy (non-hydrogen) atoms. The van der Waals surface area contributed by atoms with Crippen LogP contribution in [-0.4, -0.2) is 14.9 Å². The molecule has 0 fully saturated rings. The van der Waals surface area contributed by atoms with Crippen molar-refractivity contribution in [3.63, 3.8) is 0 Å². The minimum Gasteiger partial charge on any atom is -0.390 e. The molecule has 1 aromatic rings. The molecule has 0 spiro atoms. The van der Waals surface area contributed by atoms with Crippen molar-refractivity contribution >= 4 is 0 Å². The topological polar surface area (TPSA) is 38.1 Å². The Morgan fingerprint density at radius 2 is 2.30 bits per heavy atom. The molecule has 0 saturated heterocycles. The molecule has 0 unspecified atom stereocenters. The van der Waals surface area contributed by atoms with Gasteiger partial charge in [-0.3, -0.25) is 4.68 Å². The van der Waals surface area contributed by atoms with Gasteiger partial charge in [-0.2, -0.15) is 5.10 Å². The van der Waals surface area contributed by atoms with Crippen molar-refractivity contribution < 1.29 is 9.50 Å². The van der Waals surface area contributed by atoms with E-state index >= 15 is 0 Å². The Morgan fingerprint density at radius 1 is 1.70 bits per heavy atom. The summed E-state index contributed by atoms with van der Waals surface area (Å²) in [7, 11) is 1.64. The molecule has 1 N–H and O–H groups in total. The Bertz CT molecular complexity index is 244. The van der Waals surface area contributed by atoms with Crippen LogP contribution in [0.25, 0.3) is 0 Å². The van der Waals surface area contributed by atoms with Crippen LogP contribution < -0.4 is 0 Å². The first-order valence-electron chi connectivity index (χ1n) is 2.95. The first kappa shape index (κ1) is 7.21. The van der Waals surface area contributed by atoms with Gasteiger partial charge in [0.05, 0.1) is 12.3 Å². The first-order chi connectivity index (χ1) is 4.66. The van der Waals surface area contributed by atoms with Crippen LogP contribution in [0.1, 0.15) is 11.4 Å². The fourth-order valence-electron chi connectivity index (χ4n) is 0.752. The molecule has 0 aromatic carbocycles. The largest absolute Gasteiger partial charge is 0.390 e. The lowest BCUT2D eigenvalue weighted by atomic mass is 10.4. The minimum atomic E-state index is -0.412. The van der Waals surface area contributed by atoms with Gasteiger partial charge in [0.1, 0.15) is 5.69 Å².